The maximum Gasteiger partial charge on any atom is 0.335 e. The maximum absolute atomic E-state index is 11.2. The molecule has 0 saturated heterocycles. The van der Waals surface area contributed by atoms with Gasteiger partial charge >= 0.3 is 5.97 Å². The number of hydrogen-bond donors (Lipinski definition) is 2. The van der Waals surface area contributed by atoms with Gasteiger partial charge in [0.25, 0.3) is 0 Å². The van der Waals surface area contributed by atoms with E-state index in [-0.39, 0.29) is 23.0 Å². The topological polar surface area (TPSA) is 66.8 Å². The lowest BCUT2D eigenvalue weighted by Crippen LogP contribution is -2.32. The molecule has 1 unspecified atom stereocenters. The molecule has 0 aliphatic carbocycles. The molecule has 4 nitrogen and oxygen atoms in total. The molecule has 1 atom stereocenters. The first-order valence-electron chi connectivity index (χ1n) is 10.00. The van der Waals surface area contributed by atoms with Crippen LogP contribution in [-0.2, 0) is 5.41 Å². The van der Waals surface area contributed by atoms with Crippen molar-refractivity contribution < 1.29 is 19.7 Å². The minimum absolute atomic E-state index is 0.173. The van der Waals surface area contributed by atoms with Crippen LogP contribution in [-0.4, -0.2) is 28.9 Å². The van der Waals surface area contributed by atoms with Gasteiger partial charge in [-0.05, 0) is 53.6 Å². The Balaban J connectivity index is 2.34. The molecule has 2 aromatic rings. The molecule has 0 bridgehead atoms. The highest BCUT2D eigenvalue weighted by molar-refractivity contribution is 6.32. The molecule has 0 amide bonds. The average molecular weight is 419 g/mol. The second-order valence-electron chi connectivity index (χ2n) is 8.51. The first kappa shape index (κ1) is 23.2. The molecule has 5 heteroatoms. The lowest BCUT2D eigenvalue weighted by Gasteiger charge is -2.34. The van der Waals surface area contributed by atoms with Gasteiger partial charge in [-0.3, -0.25) is 0 Å². The minimum atomic E-state index is -0.933. The van der Waals surface area contributed by atoms with Gasteiger partial charge in [0, 0.05) is 5.41 Å². The zero-order valence-corrected chi connectivity index (χ0v) is 18.6. The number of benzene rings is 2. The molecule has 0 aromatic heterocycles. The molecule has 2 N–H and O–H groups in total. The van der Waals surface area contributed by atoms with E-state index in [2.05, 4.69) is 13.8 Å². The summed E-state index contributed by atoms with van der Waals surface area (Å²) in [5.41, 5.74) is 1.84. The first-order valence-corrected chi connectivity index (χ1v) is 10.4. The Kier molecular flexibility index (Phi) is 7.36. The number of rotatable bonds is 8. The van der Waals surface area contributed by atoms with Crippen molar-refractivity contribution in [2.45, 2.75) is 59.0 Å². The molecule has 0 fully saturated rings. The molecule has 2 rings (SSSR count). The van der Waals surface area contributed by atoms with E-state index < -0.39 is 12.1 Å². The van der Waals surface area contributed by atoms with E-state index in [9.17, 15) is 9.90 Å². The summed E-state index contributed by atoms with van der Waals surface area (Å²) in [6.07, 6.45) is 1.08. The van der Waals surface area contributed by atoms with Crippen LogP contribution < -0.4 is 4.74 Å². The van der Waals surface area contributed by atoms with E-state index in [0.29, 0.717) is 10.8 Å². The Hall–Kier alpha value is -2.04. The van der Waals surface area contributed by atoms with Crippen molar-refractivity contribution in [3.63, 3.8) is 0 Å². The number of halogens is 1. The van der Waals surface area contributed by atoms with Crippen LogP contribution in [0.2, 0.25) is 5.02 Å². The SMILES string of the molecule is CCC(CC)(c1ccc(C(=O)O)cc1)c1ccc(OCC(O)C(C)(C)C)c(Cl)c1. The molecule has 0 radical (unpaired) electrons. The van der Waals surface area contributed by atoms with Gasteiger partial charge in [0.05, 0.1) is 16.7 Å². The number of carbonyl (C=O) groups is 1. The second kappa shape index (κ2) is 9.19. The standard InChI is InChI=1S/C24H31ClO4/c1-6-24(7-2,17-10-8-16(9-11-17)22(27)28)18-12-13-20(19(25)14-18)29-15-21(26)23(3,4)5/h8-14,21,26H,6-7,15H2,1-5H3,(H,27,28). The van der Waals surface area contributed by atoms with Gasteiger partial charge < -0.3 is 14.9 Å². The molecule has 0 saturated carbocycles. The normalized spacial score (nSPS) is 13.2. The summed E-state index contributed by atoms with van der Waals surface area (Å²) < 4.78 is 5.76. The largest absolute Gasteiger partial charge is 0.489 e. The predicted molar refractivity (Wildman–Crippen MR) is 117 cm³/mol. The van der Waals surface area contributed by atoms with Crippen molar-refractivity contribution in [3.8, 4) is 5.75 Å². The summed E-state index contributed by atoms with van der Waals surface area (Å²) in [7, 11) is 0. The molecule has 0 heterocycles. The number of aliphatic hydroxyl groups is 1. The van der Waals surface area contributed by atoms with Gasteiger partial charge in [-0.1, -0.05) is 64.4 Å². The highest BCUT2D eigenvalue weighted by atomic mass is 35.5. The number of aromatic carboxylic acids is 1. The first-order chi connectivity index (χ1) is 13.5. The van der Waals surface area contributed by atoms with Crippen LogP contribution in [0.5, 0.6) is 5.75 Å². The molecule has 2 aromatic carbocycles. The average Bonchev–Trinajstić information content (AvgIpc) is 2.68. The number of carboxylic acid groups (broad SMARTS) is 1. The number of aliphatic hydroxyl groups excluding tert-OH is 1. The highest BCUT2D eigenvalue weighted by Crippen LogP contribution is 2.41. The van der Waals surface area contributed by atoms with Gasteiger partial charge in [-0.15, -0.1) is 0 Å². The van der Waals surface area contributed by atoms with Crippen LogP contribution in [0.3, 0.4) is 0 Å². The Morgan fingerprint density at radius 1 is 1.03 bits per heavy atom. The van der Waals surface area contributed by atoms with Crippen molar-refractivity contribution in [1.29, 1.82) is 0 Å². The maximum atomic E-state index is 11.2. The van der Waals surface area contributed by atoms with Crippen LogP contribution in [0.25, 0.3) is 0 Å². The van der Waals surface area contributed by atoms with Crippen molar-refractivity contribution in [3.05, 3.63) is 64.2 Å². The molecular weight excluding hydrogens is 388 g/mol. The van der Waals surface area contributed by atoms with Crippen molar-refractivity contribution >= 4 is 17.6 Å². The van der Waals surface area contributed by atoms with E-state index in [1.165, 1.54) is 0 Å². The molecule has 0 spiro atoms. The molecule has 0 aliphatic heterocycles. The Bertz CT molecular complexity index is 833. The zero-order chi connectivity index (χ0) is 21.8. The smallest absolute Gasteiger partial charge is 0.335 e. The fourth-order valence-corrected chi connectivity index (χ4v) is 3.73. The lowest BCUT2D eigenvalue weighted by atomic mass is 9.70. The summed E-state index contributed by atoms with van der Waals surface area (Å²) in [4.78, 5) is 11.2. The fraction of sp³-hybridized carbons (Fsp3) is 0.458. The number of ether oxygens (including phenoxy) is 1. The van der Waals surface area contributed by atoms with Gasteiger partial charge in [0.1, 0.15) is 12.4 Å². The van der Waals surface area contributed by atoms with Gasteiger partial charge in [0.2, 0.25) is 0 Å². The molecule has 158 valence electrons. The highest BCUT2D eigenvalue weighted by Gasteiger charge is 2.31. The van der Waals surface area contributed by atoms with Crippen LogP contribution in [0, 0.1) is 5.41 Å². The van der Waals surface area contributed by atoms with Gasteiger partial charge in [-0.25, -0.2) is 4.79 Å². The summed E-state index contributed by atoms with van der Waals surface area (Å²) in [5.74, 6) is -0.391. The minimum Gasteiger partial charge on any atom is -0.489 e. The van der Waals surface area contributed by atoms with Gasteiger partial charge in [0.15, 0.2) is 0 Å². The van der Waals surface area contributed by atoms with Crippen LogP contribution in [0.4, 0.5) is 0 Å². The zero-order valence-electron chi connectivity index (χ0n) is 17.8. The van der Waals surface area contributed by atoms with Crippen LogP contribution in [0.1, 0.15) is 68.9 Å². The predicted octanol–water partition coefficient (Wildman–Crippen LogP) is 5.93. The van der Waals surface area contributed by atoms with E-state index in [0.717, 1.165) is 24.0 Å². The van der Waals surface area contributed by atoms with E-state index in [1.54, 1.807) is 12.1 Å². The van der Waals surface area contributed by atoms with Gasteiger partial charge in [-0.2, -0.15) is 0 Å². The van der Waals surface area contributed by atoms with E-state index >= 15 is 0 Å². The van der Waals surface area contributed by atoms with Crippen LogP contribution in [0.15, 0.2) is 42.5 Å². The summed E-state index contributed by atoms with van der Waals surface area (Å²) in [6, 6.07) is 12.8. The van der Waals surface area contributed by atoms with E-state index in [4.69, 9.17) is 21.4 Å². The summed E-state index contributed by atoms with van der Waals surface area (Å²) in [6.45, 7) is 10.3. The van der Waals surface area contributed by atoms with Crippen LogP contribution >= 0.6 is 11.6 Å². The Labute approximate surface area is 178 Å². The molecule has 29 heavy (non-hydrogen) atoms. The number of hydrogen-bond acceptors (Lipinski definition) is 3. The summed E-state index contributed by atoms with van der Waals surface area (Å²) in [5, 5.41) is 19.9. The second-order valence-corrected chi connectivity index (χ2v) is 8.92. The van der Waals surface area contributed by atoms with E-state index in [1.807, 2.05) is 51.1 Å². The number of carboxylic acids is 1. The fourth-order valence-electron chi connectivity index (χ4n) is 3.50. The Morgan fingerprint density at radius 2 is 1.59 bits per heavy atom. The third-order valence-corrected chi connectivity index (χ3v) is 6.07. The monoisotopic (exact) mass is 418 g/mol. The van der Waals surface area contributed by atoms with Crippen molar-refractivity contribution in [2.24, 2.45) is 5.41 Å². The third-order valence-electron chi connectivity index (χ3n) is 5.77. The van der Waals surface area contributed by atoms with Crippen molar-refractivity contribution in [2.75, 3.05) is 6.61 Å². The third kappa shape index (κ3) is 5.12. The summed E-state index contributed by atoms with van der Waals surface area (Å²) >= 11 is 6.52. The molecular formula is C24H31ClO4. The Morgan fingerprint density at radius 3 is 2.03 bits per heavy atom. The van der Waals surface area contributed by atoms with Crippen molar-refractivity contribution in [1.82, 2.24) is 0 Å². The molecule has 0 aliphatic rings. The lowest BCUT2D eigenvalue weighted by molar-refractivity contribution is 0.0218. The quantitative estimate of drug-likeness (QED) is 0.557.